The van der Waals surface area contributed by atoms with Gasteiger partial charge in [-0.15, -0.1) is 11.3 Å². The summed E-state index contributed by atoms with van der Waals surface area (Å²) in [6.45, 7) is 8.50. The maximum absolute atomic E-state index is 9.99. The van der Waals surface area contributed by atoms with E-state index in [2.05, 4.69) is 34.2 Å². The van der Waals surface area contributed by atoms with Gasteiger partial charge in [0, 0.05) is 17.7 Å². The van der Waals surface area contributed by atoms with Crippen LogP contribution in [0.2, 0.25) is 0 Å². The quantitative estimate of drug-likeness (QED) is 0.206. The monoisotopic (exact) mass is 594 g/mol. The van der Waals surface area contributed by atoms with Crippen molar-refractivity contribution in [2.45, 2.75) is 50.5 Å². The molecule has 1 N–H and O–H groups in total. The van der Waals surface area contributed by atoms with Crippen LogP contribution in [0, 0.1) is 0 Å². The lowest BCUT2D eigenvalue weighted by atomic mass is 9.88. The Kier molecular flexibility index (Phi) is 6.81. The fourth-order valence-corrected chi connectivity index (χ4v) is 7.49. The molecule has 2 fully saturated rings. The standard InChI is InChI=1S/C34H34N4O4S/c1-21(39)23-9-10-26-28(17-23)38(18-24-13-16-40-24)32(35-26)19-37-14-11-22(12-15-37)25-5-4-7-29-33(25)41-20-30(42-29)34-36-27-6-2-3-8-31(27)43-34/h2-10,17,22,24,30,39H,1,11-16,18-20H2/t24-,30?/m0/s1. The second-order valence-electron chi connectivity index (χ2n) is 11.7. The highest BCUT2D eigenvalue weighted by Gasteiger charge is 2.31. The van der Waals surface area contributed by atoms with Crippen molar-refractivity contribution in [2.24, 2.45) is 0 Å². The molecular formula is C34H34N4O4S. The van der Waals surface area contributed by atoms with Gasteiger partial charge in [-0.2, -0.15) is 0 Å². The van der Waals surface area contributed by atoms with Crippen LogP contribution in [0.4, 0.5) is 0 Å². The van der Waals surface area contributed by atoms with E-state index in [-0.39, 0.29) is 18.0 Å². The van der Waals surface area contributed by atoms with Crippen LogP contribution in [-0.4, -0.2) is 56.9 Å². The van der Waals surface area contributed by atoms with E-state index in [9.17, 15) is 5.11 Å². The molecule has 2 atom stereocenters. The summed E-state index contributed by atoms with van der Waals surface area (Å²) in [6, 6.07) is 20.3. The summed E-state index contributed by atoms with van der Waals surface area (Å²) in [5.74, 6) is 3.23. The summed E-state index contributed by atoms with van der Waals surface area (Å²) in [6.07, 6.45) is 3.16. The lowest BCUT2D eigenvalue weighted by molar-refractivity contribution is -0.0592. The van der Waals surface area contributed by atoms with Crippen molar-refractivity contribution in [1.82, 2.24) is 19.4 Å². The molecule has 0 bridgehead atoms. The summed E-state index contributed by atoms with van der Waals surface area (Å²) in [5, 5.41) is 10.9. The topological polar surface area (TPSA) is 81.9 Å². The second-order valence-corrected chi connectivity index (χ2v) is 12.8. The van der Waals surface area contributed by atoms with Crippen molar-refractivity contribution in [3.05, 3.63) is 89.2 Å². The number of thiazole rings is 1. The molecule has 3 aromatic carbocycles. The zero-order chi connectivity index (χ0) is 28.9. The van der Waals surface area contributed by atoms with Crippen LogP contribution >= 0.6 is 11.3 Å². The summed E-state index contributed by atoms with van der Waals surface area (Å²) < 4.78 is 22.1. The Balaban J connectivity index is 0.969. The number of fused-ring (bicyclic) bond motifs is 3. The number of aromatic nitrogens is 3. The van der Waals surface area contributed by atoms with Gasteiger partial charge in [0.1, 0.15) is 23.2 Å². The van der Waals surface area contributed by atoms with Gasteiger partial charge in [-0.05, 0) is 74.7 Å². The minimum Gasteiger partial charge on any atom is -0.508 e. The normalized spacial score (nSPS) is 20.8. The van der Waals surface area contributed by atoms with E-state index >= 15 is 0 Å². The first-order valence-electron chi connectivity index (χ1n) is 15.1. The maximum Gasteiger partial charge on any atom is 0.184 e. The molecule has 8 nitrogen and oxygen atoms in total. The number of hydrogen-bond acceptors (Lipinski definition) is 8. The molecule has 0 aliphatic carbocycles. The van der Waals surface area contributed by atoms with Crippen LogP contribution in [0.5, 0.6) is 11.5 Å². The molecule has 0 radical (unpaired) electrons. The molecule has 0 spiro atoms. The molecule has 2 aromatic heterocycles. The lowest BCUT2D eigenvalue weighted by Crippen LogP contribution is -2.35. The summed E-state index contributed by atoms with van der Waals surface area (Å²) >= 11 is 1.67. The smallest absolute Gasteiger partial charge is 0.184 e. The predicted molar refractivity (Wildman–Crippen MR) is 168 cm³/mol. The molecular weight excluding hydrogens is 560 g/mol. The van der Waals surface area contributed by atoms with E-state index in [1.165, 1.54) is 10.3 Å². The SMILES string of the molecule is C=C(O)c1ccc2nc(CN3CCC(c4cccc5c4OCC(c4nc6ccccc6s4)O5)CC3)n(C[C@@H]3CCO3)c2c1. The van der Waals surface area contributed by atoms with Crippen molar-refractivity contribution >= 4 is 38.3 Å². The van der Waals surface area contributed by atoms with Gasteiger partial charge in [0.15, 0.2) is 17.6 Å². The maximum atomic E-state index is 9.99. The number of nitrogens with zero attached hydrogens (tertiary/aromatic N) is 4. The van der Waals surface area contributed by atoms with Gasteiger partial charge in [0.25, 0.3) is 0 Å². The van der Waals surface area contributed by atoms with Gasteiger partial charge in [-0.1, -0.05) is 30.8 Å². The summed E-state index contributed by atoms with van der Waals surface area (Å²) in [7, 11) is 0. The first kappa shape index (κ1) is 26.7. The highest BCUT2D eigenvalue weighted by atomic mass is 32.1. The zero-order valence-corrected chi connectivity index (χ0v) is 24.8. The zero-order valence-electron chi connectivity index (χ0n) is 23.9. The average molecular weight is 595 g/mol. The van der Waals surface area contributed by atoms with Gasteiger partial charge in [0.2, 0.25) is 0 Å². The Hall–Kier alpha value is -3.92. The number of aliphatic hydroxyl groups excluding tert-OH is 1. The molecule has 5 heterocycles. The van der Waals surface area contributed by atoms with Crippen molar-refractivity contribution in [2.75, 3.05) is 26.3 Å². The van der Waals surface area contributed by atoms with Crippen LogP contribution in [0.15, 0.2) is 67.2 Å². The molecule has 43 heavy (non-hydrogen) atoms. The number of imidazole rings is 1. The fraction of sp³-hybridized carbons (Fsp3) is 0.353. The number of aliphatic hydroxyl groups is 1. The Labute approximate surface area is 254 Å². The highest BCUT2D eigenvalue weighted by molar-refractivity contribution is 7.18. The highest BCUT2D eigenvalue weighted by Crippen LogP contribution is 2.45. The molecule has 9 heteroatoms. The fourth-order valence-electron chi connectivity index (χ4n) is 6.51. The number of rotatable bonds is 7. The Morgan fingerprint density at radius 2 is 1.86 bits per heavy atom. The largest absolute Gasteiger partial charge is 0.508 e. The first-order chi connectivity index (χ1) is 21.1. The number of ether oxygens (including phenoxy) is 3. The molecule has 3 aliphatic rings. The molecule has 5 aromatic rings. The number of benzene rings is 3. The van der Waals surface area contributed by atoms with Crippen LogP contribution in [0.25, 0.3) is 27.0 Å². The third-order valence-electron chi connectivity index (χ3n) is 8.98. The van der Waals surface area contributed by atoms with Gasteiger partial charge in [-0.3, -0.25) is 4.90 Å². The van der Waals surface area contributed by atoms with E-state index < -0.39 is 0 Å². The van der Waals surface area contributed by atoms with Gasteiger partial charge < -0.3 is 23.9 Å². The van der Waals surface area contributed by atoms with E-state index in [0.29, 0.717) is 12.5 Å². The van der Waals surface area contributed by atoms with Gasteiger partial charge >= 0.3 is 0 Å². The number of likely N-dealkylation sites (tertiary alicyclic amines) is 1. The minimum atomic E-state index is -0.196. The number of para-hydroxylation sites is 2. The second kappa shape index (κ2) is 11.0. The van der Waals surface area contributed by atoms with Gasteiger partial charge in [-0.25, -0.2) is 9.97 Å². The van der Waals surface area contributed by atoms with E-state index in [4.69, 9.17) is 24.2 Å². The van der Waals surface area contributed by atoms with E-state index in [1.54, 1.807) is 11.3 Å². The Morgan fingerprint density at radius 3 is 2.65 bits per heavy atom. The first-order valence-corrected chi connectivity index (χ1v) is 15.9. The number of piperidine rings is 1. The molecule has 220 valence electrons. The third kappa shape index (κ3) is 5.05. The number of hydrogen-bond donors (Lipinski definition) is 1. The Morgan fingerprint density at radius 1 is 1.00 bits per heavy atom. The van der Waals surface area contributed by atoms with Crippen LogP contribution in [0.3, 0.4) is 0 Å². The van der Waals surface area contributed by atoms with Crippen molar-refractivity contribution in [3.8, 4) is 11.5 Å². The predicted octanol–water partition coefficient (Wildman–Crippen LogP) is 6.86. The molecule has 2 saturated heterocycles. The van der Waals surface area contributed by atoms with Crippen molar-refractivity contribution < 1.29 is 19.3 Å². The van der Waals surface area contributed by atoms with Crippen molar-refractivity contribution in [3.63, 3.8) is 0 Å². The molecule has 0 amide bonds. The molecule has 0 saturated carbocycles. The van der Waals surface area contributed by atoms with Crippen LogP contribution < -0.4 is 9.47 Å². The molecule has 3 aliphatic heterocycles. The Bertz CT molecular complexity index is 1790. The molecule has 8 rings (SSSR count). The summed E-state index contributed by atoms with van der Waals surface area (Å²) in [5.41, 5.74) is 4.92. The molecule has 1 unspecified atom stereocenters. The van der Waals surface area contributed by atoms with E-state index in [0.717, 1.165) is 96.5 Å². The lowest BCUT2D eigenvalue weighted by Gasteiger charge is -2.34. The minimum absolute atomic E-state index is 0.0721. The van der Waals surface area contributed by atoms with Crippen LogP contribution in [0.1, 0.15) is 53.2 Å². The van der Waals surface area contributed by atoms with Gasteiger partial charge in [0.05, 0.1) is 40.4 Å². The summed E-state index contributed by atoms with van der Waals surface area (Å²) in [4.78, 5) is 12.3. The van der Waals surface area contributed by atoms with E-state index in [1.807, 2.05) is 42.5 Å². The van der Waals surface area contributed by atoms with Crippen molar-refractivity contribution in [1.29, 1.82) is 0 Å². The average Bonchev–Trinajstić information content (AvgIpc) is 3.59. The van der Waals surface area contributed by atoms with Crippen LogP contribution in [-0.2, 0) is 17.8 Å². The third-order valence-corrected chi connectivity index (χ3v) is 10.1.